The van der Waals surface area contributed by atoms with Gasteiger partial charge < -0.3 is 4.74 Å². The Hall–Kier alpha value is -3.72. The number of nitro groups is 1. The Morgan fingerprint density at radius 2 is 1.97 bits per heavy atom. The molecule has 1 aliphatic rings. The number of barbiturate groups is 1. The summed E-state index contributed by atoms with van der Waals surface area (Å²) in [4.78, 5) is 48.3. The maximum Gasteiger partial charge on any atom is 0.335 e. The number of nitrogens with zero attached hydrogens (tertiary/aromatic N) is 2. The van der Waals surface area contributed by atoms with E-state index in [-0.39, 0.29) is 16.9 Å². The fraction of sp³-hybridized carbons (Fsp3) is 0.105. The van der Waals surface area contributed by atoms with Gasteiger partial charge in [0.25, 0.3) is 17.5 Å². The quantitative estimate of drug-likeness (QED) is 0.346. The second kappa shape index (κ2) is 8.11. The fourth-order valence-electron chi connectivity index (χ4n) is 2.72. The number of halogens is 1. The van der Waals surface area contributed by atoms with Crippen molar-refractivity contribution in [1.29, 1.82) is 0 Å². The molecule has 0 spiro atoms. The zero-order valence-corrected chi connectivity index (χ0v) is 15.8. The summed E-state index contributed by atoms with van der Waals surface area (Å²) in [6.45, 7) is 2.19. The molecule has 2 aromatic rings. The lowest BCUT2D eigenvalue weighted by molar-refractivity contribution is -0.384. The van der Waals surface area contributed by atoms with Crippen molar-refractivity contribution in [3.05, 3.63) is 68.7 Å². The highest BCUT2D eigenvalue weighted by Gasteiger charge is 2.37. The number of ether oxygens (including phenoxy) is 1. The van der Waals surface area contributed by atoms with Gasteiger partial charge in [0, 0.05) is 17.2 Å². The topological polar surface area (TPSA) is 119 Å². The zero-order chi connectivity index (χ0) is 21.1. The van der Waals surface area contributed by atoms with Crippen LogP contribution in [0.1, 0.15) is 12.5 Å². The highest BCUT2D eigenvalue weighted by Crippen LogP contribution is 2.27. The number of imide groups is 2. The van der Waals surface area contributed by atoms with Crippen LogP contribution in [0.4, 0.5) is 16.2 Å². The van der Waals surface area contributed by atoms with Crippen LogP contribution < -0.4 is 15.0 Å². The molecule has 0 radical (unpaired) electrons. The van der Waals surface area contributed by atoms with Crippen LogP contribution in [0.15, 0.2) is 48.0 Å². The number of amides is 4. The molecule has 0 saturated carbocycles. The van der Waals surface area contributed by atoms with Crippen molar-refractivity contribution in [3.8, 4) is 5.75 Å². The number of anilines is 1. The van der Waals surface area contributed by atoms with Gasteiger partial charge in [0.05, 0.1) is 17.2 Å². The van der Waals surface area contributed by atoms with E-state index in [0.29, 0.717) is 27.8 Å². The summed E-state index contributed by atoms with van der Waals surface area (Å²) >= 11 is 6.05. The van der Waals surface area contributed by atoms with E-state index in [4.69, 9.17) is 16.3 Å². The molecule has 0 aromatic heterocycles. The Bertz CT molecular complexity index is 1070. The number of rotatable bonds is 5. The lowest BCUT2D eigenvalue weighted by Crippen LogP contribution is -2.54. The highest BCUT2D eigenvalue weighted by molar-refractivity contribution is 6.39. The first-order chi connectivity index (χ1) is 13.8. The second-order valence-electron chi connectivity index (χ2n) is 5.89. The standard InChI is InChI=1S/C19H14ClN3O6/c1-2-29-15-7-11(6-12(20)9-15)8-16-17(24)21-19(26)22(18(16)25)13-4-3-5-14(10-13)23(27)28/h3-10H,2H2,1H3,(H,21,24,26)/b16-8+. The van der Waals surface area contributed by atoms with Crippen molar-refractivity contribution in [2.75, 3.05) is 11.5 Å². The number of carbonyl (C=O) groups is 3. The predicted molar refractivity (Wildman–Crippen MR) is 105 cm³/mol. The van der Waals surface area contributed by atoms with Crippen LogP contribution in [0.5, 0.6) is 5.75 Å². The second-order valence-corrected chi connectivity index (χ2v) is 6.32. The van der Waals surface area contributed by atoms with E-state index in [1.54, 1.807) is 19.1 Å². The normalized spacial score (nSPS) is 15.4. The molecule has 1 fully saturated rings. The molecule has 2 aromatic carbocycles. The van der Waals surface area contributed by atoms with Crippen LogP contribution in [-0.4, -0.2) is 29.4 Å². The third-order valence-corrected chi connectivity index (χ3v) is 4.13. The Labute approximate surface area is 169 Å². The van der Waals surface area contributed by atoms with Crippen molar-refractivity contribution >= 4 is 46.9 Å². The van der Waals surface area contributed by atoms with Gasteiger partial charge in [0.15, 0.2) is 0 Å². The van der Waals surface area contributed by atoms with Crippen molar-refractivity contribution in [1.82, 2.24) is 5.32 Å². The molecule has 1 N–H and O–H groups in total. The number of hydrogen-bond acceptors (Lipinski definition) is 6. The average Bonchev–Trinajstić information content (AvgIpc) is 2.65. The Kier molecular flexibility index (Phi) is 5.60. The van der Waals surface area contributed by atoms with E-state index in [9.17, 15) is 24.5 Å². The van der Waals surface area contributed by atoms with Crippen LogP contribution in [-0.2, 0) is 9.59 Å². The van der Waals surface area contributed by atoms with Crippen LogP contribution in [0, 0.1) is 10.1 Å². The van der Waals surface area contributed by atoms with E-state index in [1.165, 1.54) is 30.3 Å². The minimum atomic E-state index is -1.00. The van der Waals surface area contributed by atoms with Gasteiger partial charge in [-0.25, -0.2) is 9.69 Å². The molecule has 10 heteroatoms. The monoisotopic (exact) mass is 415 g/mol. The number of nitro benzene ring substituents is 1. The lowest BCUT2D eigenvalue weighted by atomic mass is 10.1. The van der Waals surface area contributed by atoms with E-state index in [2.05, 4.69) is 5.32 Å². The van der Waals surface area contributed by atoms with Crippen LogP contribution in [0.2, 0.25) is 5.02 Å². The molecule has 0 atom stereocenters. The Morgan fingerprint density at radius 1 is 1.21 bits per heavy atom. The van der Waals surface area contributed by atoms with Crippen molar-refractivity contribution < 1.29 is 24.0 Å². The molecule has 148 valence electrons. The largest absolute Gasteiger partial charge is 0.494 e. The van der Waals surface area contributed by atoms with Crippen LogP contribution >= 0.6 is 11.6 Å². The number of urea groups is 1. The highest BCUT2D eigenvalue weighted by atomic mass is 35.5. The summed E-state index contributed by atoms with van der Waals surface area (Å²) in [6, 6.07) is 8.65. The lowest BCUT2D eigenvalue weighted by Gasteiger charge is -2.26. The molecule has 1 aliphatic heterocycles. The number of benzene rings is 2. The summed E-state index contributed by atoms with van der Waals surface area (Å²) in [7, 11) is 0. The molecule has 3 rings (SSSR count). The molecule has 29 heavy (non-hydrogen) atoms. The fourth-order valence-corrected chi connectivity index (χ4v) is 2.96. The third kappa shape index (κ3) is 4.25. The van der Waals surface area contributed by atoms with Gasteiger partial charge in [-0.15, -0.1) is 0 Å². The van der Waals surface area contributed by atoms with Crippen molar-refractivity contribution in [2.24, 2.45) is 0 Å². The van der Waals surface area contributed by atoms with Crippen molar-refractivity contribution in [2.45, 2.75) is 6.92 Å². The number of nitrogens with one attached hydrogen (secondary N) is 1. The Morgan fingerprint density at radius 3 is 2.66 bits per heavy atom. The first kappa shape index (κ1) is 20.0. The van der Waals surface area contributed by atoms with Gasteiger partial charge in [-0.05, 0) is 42.8 Å². The minimum Gasteiger partial charge on any atom is -0.494 e. The van der Waals surface area contributed by atoms with Gasteiger partial charge >= 0.3 is 6.03 Å². The molecule has 4 amide bonds. The summed E-state index contributed by atoms with van der Waals surface area (Å²) in [5, 5.41) is 13.4. The molecule has 9 nitrogen and oxygen atoms in total. The molecule has 1 saturated heterocycles. The summed E-state index contributed by atoms with van der Waals surface area (Å²) in [5.41, 5.74) is -0.267. The van der Waals surface area contributed by atoms with E-state index in [0.717, 1.165) is 6.07 Å². The van der Waals surface area contributed by atoms with Gasteiger partial charge in [0.1, 0.15) is 11.3 Å². The van der Waals surface area contributed by atoms with Crippen molar-refractivity contribution in [3.63, 3.8) is 0 Å². The van der Waals surface area contributed by atoms with Gasteiger partial charge in [-0.1, -0.05) is 17.7 Å². The zero-order valence-electron chi connectivity index (χ0n) is 15.0. The van der Waals surface area contributed by atoms with Crippen LogP contribution in [0.3, 0.4) is 0 Å². The van der Waals surface area contributed by atoms with Gasteiger partial charge in [-0.3, -0.25) is 25.0 Å². The summed E-state index contributed by atoms with van der Waals surface area (Å²) in [5.74, 6) is -1.36. The van der Waals surface area contributed by atoms with E-state index < -0.39 is 22.8 Å². The molecular formula is C19H14ClN3O6. The molecular weight excluding hydrogens is 402 g/mol. The SMILES string of the molecule is CCOc1cc(Cl)cc(/C=C2\C(=O)NC(=O)N(c3cccc([N+](=O)[O-])c3)C2=O)c1. The van der Waals surface area contributed by atoms with E-state index >= 15 is 0 Å². The average molecular weight is 416 g/mol. The van der Waals surface area contributed by atoms with E-state index in [1.807, 2.05) is 0 Å². The number of non-ortho nitro benzene ring substituents is 1. The maximum atomic E-state index is 12.9. The summed E-state index contributed by atoms with van der Waals surface area (Å²) in [6.07, 6.45) is 1.27. The molecule has 0 aliphatic carbocycles. The number of carbonyl (C=O) groups excluding carboxylic acids is 3. The summed E-state index contributed by atoms with van der Waals surface area (Å²) < 4.78 is 5.39. The predicted octanol–water partition coefficient (Wildman–Crippen LogP) is 3.31. The van der Waals surface area contributed by atoms with Crippen LogP contribution in [0.25, 0.3) is 6.08 Å². The first-order valence-electron chi connectivity index (χ1n) is 8.39. The van der Waals surface area contributed by atoms with Gasteiger partial charge in [-0.2, -0.15) is 0 Å². The van der Waals surface area contributed by atoms with Gasteiger partial charge in [0.2, 0.25) is 0 Å². The first-order valence-corrected chi connectivity index (χ1v) is 8.77. The third-order valence-electron chi connectivity index (χ3n) is 3.92. The number of hydrogen-bond donors (Lipinski definition) is 1. The minimum absolute atomic E-state index is 0.0406. The molecule has 0 bridgehead atoms. The molecule has 1 heterocycles. The maximum absolute atomic E-state index is 12.9. The molecule has 0 unspecified atom stereocenters. The smallest absolute Gasteiger partial charge is 0.335 e. The Balaban J connectivity index is 2.02.